The molecule has 2 aliphatic heterocycles. The first-order valence-electron chi connectivity index (χ1n) is 10.5. The van der Waals surface area contributed by atoms with E-state index >= 15 is 0 Å². The largest absolute Gasteiger partial charge is 0.464 e. The van der Waals surface area contributed by atoms with Gasteiger partial charge in [0.15, 0.2) is 0 Å². The average molecular weight is 401 g/mol. The molecule has 3 aliphatic rings. The number of anilines is 1. The number of esters is 1. The first-order chi connectivity index (χ1) is 14.6. The van der Waals surface area contributed by atoms with Crippen molar-refractivity contribution in [2.45, 2.75) is 30.8 Å². The zero-order valence-electron chi connectivity index (χ0n) is 16.8. The fourth-order valence-electron chi connectivity index (χ4n) is 5.52. The van der Waals surface area contributed by atoms with Gasteiger partial charge in [0.05, 0.1) is 12.5 Å². The van der Waals surface area contributed by atoms with Crippen molar-refractivity contribution < 1.29 is 14.3 Å². The highest BCUT2D eigenvalue weighted by molar-refractivity contribution is 6.00. The van der Waals surface area contributed by atoms with Crippen LogP contribution in [0.2, 0.25) is 0 Å². The Morgan fingerprint density at radius 2 is 1.87 bits per heavy atom. The maximum absolute atomic E-state index is 13.1. The fourth-order valence-corrected chi connectivity index (χ4v) is 5.52. The van der Waals surface area contributed by atoms with Crippen molar-refractivity contribution in [1.29, 1.82) is 0 Å². The molecule has 6 rings (SSSR count). The highest BCUT2D eigenvalue weighted by Crippen LogP contribution is 2.55. The minimum atomic E-state index is -0.510. The molecule has 2 N–H and O–H groups in total. The number of aromatic nitrogens is 1. The molecule has 1 aromatic heterocycles. The molecule has 1 amide bonds. The number of likely N-dealkylation sites (tertiary alicyclic amines) is 1. The van der Waals surface area contributed by atoms with E-state index in [0.717, 1.165) is 47.0 Å². The van der Waals surface area contributed by atoms with Gasteiger partial charge in [-0.25, -0.2) is 4.79 Å². The van der Waals surface area contributed by atoms with Crippen LogP contribution in [0.25, 0.3) is 10.9 Å². The maximum atomic E-state index is 13.1. The monoisotopic (exact) mass is 401 g/mol. The Labute approximate surface area is 174 Å². The lowest BCUT2D eigenvalue weighted by Crippen LogP contribution is -2.47. The number of carbonyl (C=O) groups excluding carboxylic acids is 2. The molecule has 0 unspecified atom stereocenters. The Morgan fingerprint density at radius 3 is 2.67 bits per heavy atom. The summed E-state index contributed by atoms with van der Waals surface area (Å²) in [5.41, 5.74) is 3.95. The normalized spacial score (nSPS) is 24.4. The van der Waals surface area contributed by atoms with Gasteiger partial charge in [-0.2, -0.15) is 0 Å². The minimum absolute atomic E-state index is 0.148. The summed E-state index contributed by atoms with van der Waals surface area (Å²) in [4.78, 5) is 31.3. The molecule has 0 spiro atoms. The summed E-state index contributed by atoms with van der Waals surface area (Å²) in [6, 6.07) is 16.2. The highest BCUT2D eigenvalue weighted by Gasteiger charge is 2.59. The van der Waals surface area contributed by atoms with Gasteiger partial charge in [0.2, 0.25) is 5.91 Å². The smallest absolute Gasteiger partial charge is 0.354 e. The second-order valence-corrected chi connectivity index (χ2v) is 8.53. The molecule has 1 saturated heterocycles. The van der Waals surface area contributed by atoms with Crippen molar-refractivity contribution >= 4 is 28.5 Å². The molecule has 1 aliphatic carbocycles. The van der Waals surface area contributed by atoms with Crippen LogP contribution in [0.3, 0.4) is 0 Å². The summed E-state index contributed by atoms with van der Waals surface area (Å²) in [7, 11) is 1.41. The fraction of sp³-hybridized carbons (Fsp3) is 0.333. The molecule has 2 aromatic carbocycles. The molecule has 2 atom stereocenters. The third-order valence-electron chi connectivity index (χ3n) is 6.98. The predicted molar refractivity (Wildman–Crippen MR) is 113 cm³/mol. The summed E-state index contributed by atoms with van der Waals surface area (Å²) in [5.74, 6) is -0.0123. The lowest BCUT2D eigenvalue weighted by molar-refractivity contribution is -0.133. The number of H-pyrrole nitrogens is 1. The number of hydrogen-bond donors (Lipinski definition) is 2. The molecule has 6 nitrogen and oxygen atoms in total. The number of rotatable bonds is 3. The number of para-hydroxylation sites is 2. The van der Waals surface area contributed by atoms with Crippen molar-refractivity contribution in [3.63, 3.8) is 0 Å². The number of fused-ring (bicyclic) bond motifs is 4. The van der Waals surface area contributed by atoms with E-state index in [4.69, 9.17) is 4.74 Å². The molecule has 0 radical (unpaired) electrons. The Hall–Kier alpha value is -3.28. The Balaban J connectivity index is 1.63. The second-order valence-electron chi connectivity index (χ2n) is 8.53. The molecule has 2 fully saturated rings. The van der Waals surface area contributed by atoms with Gasteiger partial charge in [-0.05, 0) is 37.0 Å². The van der Waals surface area contributed by atoms with Gasteiger partial charge in [-0.1, -0.05) is 36.4 Å². The number of carbonyl (C=O) groups is 2. The Morgan fingerprint density at radius 1 is 1.10 bits per heavy atom. The number of nitrogens with one attached hydrogen (secondary N) is 2. The summed E-state index contributed by atoms with van der Waals surface area (Å²) in [6.45, 7) is 0.668. The van der Waals surface area contributed by atoms with Crippen LogP contribution in [0.1, 0.15) is 40.9 Å². The lowest BCUT2D eigenvalue weighted by atomic mass is 9.72. The number of hydrogen-bond acceptors (Lipinski definition) is 4. The topological polar surface area (TPSA) is 74.4 Å². The van der Waals surface area contributed by atoms with Crippen LogP contribution in [0.15, 0.2) is 48.5 Å². The van der Waals surface area contributed by atoms with Gasteiger partial charge in [-0.15, -0.1) is 0 Å². The predicted octanol–water partition coefficient (Wildman–Crippen LogP) is 3.63. The van der Waals surface area contributed by atoms with E-state index in [9.17, 15) is 9.59 Å². The summed E-state index contributed by atoms with van der Waals surface area (Å²) >= 11 is 0. The van der Waals surface area contributed by atoms with Crippen LogP contribution in [0.5, 0.6) is 0 Å². The van der Waals surface area contributed by atoms with E-state index in [1.807, 2.05) is 41.3 Å². The number of methoxy groups -OCH3 is 1. The van der Waals surface area contributed by atoms with E-state index < -0.39 is 5.41 Å². The molecule has 3 heterocycles. The van der Waals surface area contributed by atoms with Gasteiger partial charge in [0.1, 0.15) is 11.9 Å². The van der Waals surface area contributed by atoms with E-state index in [1.165, 1.54) is 7.11 Å². The van der Waals surface area contributed by atoms with E-state index in [1.54, 1.807) is 0 Å². The van der Waals surface area contributed by atoms with Gasteiger partial charge in [-0.3, -0.25) is 4.79 Å². The summed E-state index contributed by atoms with van der Waals surface area (Å²) in [6.07, 6.45) is 2.49. The van der Waals surface area contributed by atoms with Gasteiger partial charge >= 0.3 is 5.97 Å². The average Bonchev–Trinajstić information content (AvgIpc) is 3.35. The van der Waals surface area contributed by atoms with Crippen molar-refractivity contribution in [2.24, 2.45) is 5.92 Å². The molecule has 3 aromatic rings. The van der Waals surface area contributed by atoms with Crippen molar-refractivity contribution in [3.8, 4) is 0 Å². The minimum Gasteiger partial charge on any atom is -0.464 e. The van der Waals surface area contributed by atoms with Crippen LogP contribution in [-0.2, 0) is 14.9 Å². The maximum Gasteiger partial charge on any atom is 0.354 e. The van der Waals surface area contributed by atoms with Crippen LogP contribution >= 0.6 is 0 Å². The molecular formula is C24H23N3O3. The third-order valence-corrected chi connectivity index (χ3v) is 6.98. The van der Waals surface area contributed by atoms with E-state index in [-0.39, 0.29) is 24.0 Å². The van der Waals surface area contributed by atoms with Crippen LogP contribution in [0, 0.1) is 5.92 Å². The van der Waals surface area contributed by atoms with Crippen molar-refractivity contribution in [1.82, 2.24) is 9.88 Å². The number of aromatic amines is 1. The molecule has 0 bridgehead atoms. The number of nitrogens with zero attached hydrogens (tertiary/aromatic N) is 1. The SMILES string of the molecule is COC(=O)c1[nH]c2ccccc2c1[C@]12CCN(C(=O)C3CC3)[C@H]1Nc1ccccc12. The Kier molecular flexibility index (Phi) is 3.58. The first-order valence-corrected chi connectivity index (χ1v) is 10.5. The number of benzene rings is 2. The van der Waals surface area contributed by atoms with E-state index in [2.05, 4.69) is 22.4 Å². The van der Waals surface area contributed by atoms with Gasteiger partial charge in [0.25, 0.3) is 0 Å². The van der Waals surface area contributed by atoms with E-state index in [0.29, 0.717) is 12.2 Å². The standard InChI is InChI=1S/C24H23N3O3/c1-30-22(29)20-19(15-6-2-4-8-17(15)25-20)24-12-13-27(21(28)14-10-11-14)23(24)26-18-9-5-3-7-16(18)24/h2-9,14,23,25-26H,10-13H2,1H3/t23-,24-/m1/s1. The second kappa shape index (κ2) is 6.11. The highest BCUT2D eigenvalue weighted by atomic mass is 16.5. The molecule has 6 heteroatoms. The quantitative estimate of drug-likeness (QED) is 0.657. The van der Waals surface area contributed by atoms with Crippen molar-refractivity contribution in [3.05, 3.63) is 65.4 Å². The number of amides is 1. The molecule has 30 heavy (non-hydrogen) atoms. The van der Waals surface area contributed by atoms with Crippen LogP contribution < -0.4 is 5.32 Å². The third kappa shape index (κ3) is 2.19. The lowest BCUT2D eigenvalue weighted by Gasteiger charge is -2.33. The van der Waals surface area contributed by atoms with Crippen molar-refractivity contribution in [2.75, 3.05) is 19.0 Å². The summed E-state index contributed by atoms with van der Waals surface area (Å²) in [5, 5.41) is 4.63. The molecule has 152 valence electrons. The van der Waals surface area contributed by atoms with Gasteiger partial charge in [0, 0.05) is 34.6 Å². The molecule has 1 saturated carbocycles. The van der Waals surface area contributed by atoms with Crippen LogP contribution in [0.4, 0.5) is 5.69 Å². The Bertz CT molecular complexity index is 1200. The van der Waals surface area contributed by atoms with Gasteiger partial charge < -0.3 is 19.9 Å². The first kappa shape index (κ1) is 17.6. The number of ether oxygens (including phenoxy) is 1. The zero-order chi connectivity index (χ0) is 20.5. The molecular weight excluding hydrogens is 378 g/mol. The zero-order valence-corrected chi connectivity index (χ0v) is 16.8. The van der Waals surface area contributed by atoms with Crippen LogP contribution in [-0.4, -0.2) is 41.6 Å². The summed E-state index contributed by atoms with van der Waals surface area (Å²) < 4.78 is 5.15.